The Balaban J connectivity index is 2.10. The minimum atomic E-state index is 0.138. The molecule has 0 aliphatic heterocycles. The maximum atomic E-state index is 12.6. The van der Waals surface area contributed by atoms with Gasteiger partial charge in [0.1, 0.15) is 0 Å². The number of hydrogen-bond donors (Lipinski definition) is 0. The van der Waals surface area contributed by atoms with Crippen LogP contribution in [0.2, 0.25) is 0 Å². The molecule has 0 aliphatic rings. The molecule has 0 unspecified atom stereocenters. The molecular formula is C17H25N3OS. The molecule has 0 saturated carbocycles. The Morgan fingerprint density at radius 2 is 1.95 bits per heavy atom. The molecular weight excluding hydrogens is 294 g/mol. The van der Waals surface area contributed by atoms with Gasteiger partial charge in [-0.3, -0.25) is 14.6 Å². The van der Waals surface area contributed by atoms with Crippen LogP contribution in [0.5, 0.6) is 0 Å². The number of anilines is 1. The second-order valence-corrected chi connectivity index (χ2v) is 6.33. The third-order valence-electron chi connectivity index (χ3n) is 3.76. The molecule has 2 aromatic rings. The summed E-state index contributed by atoms with van der Waals surface area (Å²) in [5, 5.41) is 0.806. The van der Waals surface area contributed by atoms with Crippen molar-refractivity contribution in [2.45, 2.75) is 33.6 Å². The highest BCUT2D eigenvalue weighted by Crippen LogP contribution is 2.28. The number of para-hydroxylation sites is 1. The summed E-state index contributed by atoms with van der Waals surface area (Å²) in [5.41, 5.74) is 0.965. The normalized spacial score (nSPS) is 11.3. The van der Waals surface area contributed by atoms with Crippen molar-refractivity contribution in [2.75, 3.05) is 31.1 Å². The molecule has 0 aliphatic carbocycles. The molecule has 0 saturated heterocycles. The quantitative estimate of drug-likeness (QED) is 0.743. The predicted octanol–water partition coefficient (Wildman–Crippen LogP) is 3.77. The number of likely N-dealkylation sites (N-methyl/N-ethyl adjacent to an activating group) is 2. The molecule has 1 aromatic carbocycles. The molecule has 0 atom stereocenters. The van der Waals surface area contributed by atoms with Gasteiger partial charge in [0.2, 0.25) is 5.91 Å². The number of unbranched alkanes of at least 4 members (excludes halogenated alkanes) is 1. The Kier molecular flexibility index (Phi) is 6.34. The van der Waals surface area contributed by atoms with Crippen LogP contribution >= 0.6 is 11.3 Å². The lowest BCUT2D eigenvalue weighted by molar-refractivity contribution is -0.119. The van der Waals surface area contributed by atoms with Crippen LogP contribution in [0, 0.1) is 0 Å². The maximum Gasteiger partial charge on any atom is 0.242 e. The van der Waals surface area contributed by atoms with Crippen molar-refractivity contribution in [3.8, 4) is 0 Å². The molecule has 0 N–H and O–H groups in total. The van der Waals surface area contributed by atoms with Gasteiger partial charge in [0.15, 0.2) is 5.13 Å². The van der Waals surface area contributed by atoms with Gasteiger partial charge in [-0.15, -0.1) is 0 Å². The van der Waals surface area contributed by atoms with E-state index in [1.54, 1.807) is 16.2 Å². The largest absolute Gasteiger partial charge is 0.295 e. The van der Waals surface area contributed by atoms with Crippen LogP contribution in [0.3, 0.4) is 0 Å². The molecule has 2 rings (SSSR count). The highest BCUT2D eigenvalue weighted by Gasteiger charge is 2.19. The average Bonchev–Trinajstić information content (AvgIpc) is 2.95. The van der Waals surface area contributed by atoms with Gasteiger partial charge in [-0.25, -0.2) is 4.98 Å². The van der Waals surface area contributed by atoms with Gasteiger partial charge in [-0.05, 0) is 38.6 Å². The van der Waals surface area contributed by atoms with Gasteiger partial charge in [-0.1, -0.05) is 43.7 Å². The summed E-state index contributed by atoms with van der Waals surface area (Å²) in [6.07, 6.45) is 2.29. The summed E-state index contributed by atoms with van der Waals surface area (Å²) in [7, 11) is 0. The van der Waals surface area contributed by atoms with E-state index in [4.69, 9.17) is 0 Å². The number of hydrogen-bond acceptors (Lipinski definition) is 4. The highest BCUT2D eigenvalue weighted by atomic mass is 32.1. The van der Waals surface area contributed by atoms with E-state index in [-0.39, 0.29) is 5.91 Å². The van der Waals surface area contributed by atoms with Crippen LogP contribution in [-0.4, -0.2) is 42.0 Å². The topological polar surface area (TPSA) is 36.4 Å². The van der Waals surface area contributed by atoms with E-state index in [9.17, 15) is 4.79 Å². The fourth-order valence-electron chi connectivity index (χ4n) is 2.40. The molecule has 5 heteroatoms. The molecule has 1 aromatic heterocycles. The molecule has 0 radical (unpaired) electrons. The van der Waals surface area contributed by atoms with Gasteiger partial charge in [-0.2, -0.15) is 0 Å². The van der Waals surface area contributed by atoms with Crippen LogP contribution in [0.15, 0.2) is 24.3 Å². The van der Waals surface area contributed by atoms with Crippen molar-refractivity contribution in [3.05, 3.63) is 24.3 Å². The van der Waals surface area contributed by atoms with E-state index in [0.29, 0.717) is 13.1 Å². The molecule has 0 bridgehead atoms. The number of rotatable bonds is 8. The summed E-state index contributed by atoms with van der Waals surface area (Å²) in [6, 6.07) is 8.03. The van der Waals surface area contributed by atoms with E-state index < -0.39 is 0 Å². The lowest BCUT2D eigenvalue weighted by atomic mass is 10.3. The third-order valence-corrected chi connectivity index (χ3v) is 4.82. The highest BCUT2D eigenvalue weighted by molar-refractivity contribution is 7.22. The van der Waals surface area contributed by atoms with E-state index >= 15 is 0 Å². The Morgan fingerprint density at radius 3 is 2.59 bits per heavy atom. The smallest absolute Gasteiger partial charge is 0.242 e. The Hall–Kier alpha value is -1.46. The molecule has 22 heavy (non-hydrogen) atoms. The SMILES string of the molecule is CCCCN(CC)CC(=O)N(CC)c1nc2ccccc2s1. The first-order chi connectivity index (χ1) is 10.7. The number of aromatic nitrogens is 1. The standard InChI is InChI=1S/C17H25N3OS/c1-4-7-12-19(5-2)13-16(21)20(6-3)17-18-14-10-8-9-11-15(14)22-17/h8-11H,4-7,12-13H2,1-3H3. The Labute approximate surface area is 136 Å². The van der Waals surface area contributed by atoms with E-state index in [1.165, 1.54) is 0 Å². The van der Waals surface area contributed by atoms with Crippen LogP contribution in [0.1, 0.15) is 33.6 Å². The lowest BCUT2D eigenvalue weighted by Crippen LogP contribution is -2.40. The molecule has 0 fully saturated rings. The number of fused-ring (bicyclic) bond motifs is 1. The van der Waals surface area contributed by atoms with Crippen LogP contribution in [0.25, 0.3) is 10.2 Å². The average molecular weight is 319 g/mol. The summed E-state index contributed by atoms with van der Waals surface area (Å²) in [5.74, 6) is 0.138. The first kappa shape index (κ1) is 16.9. The number of carbonyl (C=O) groups excluding carboxylic acids is 1. The molecule has 1 amide bonds. The predicted molar refractivity (Wildman–Crippen MR) is 94.7 cm³/mol. The molecule has 0 spiro atoms. The number of thiazole rings is 1. The van der Waals surface area contributed by atoms with Gasteiger partial charge >= 0.3 is 0 Å². The van der Waals surface area contributed by atoms with Crippen molar-refractivity contribution in [1.29, 1.82) is 0 Å². The molecule has 1 heterocycles. The molecule has 4 nitrogen and oxygen atoms in total. The van der Waals surface area contributed by atoms with Gasteiger partial charge in [0.25, 0.3) is 0 Å². The zero-order valence-electron chi connectivity index (χ0n) is 13.7. The number of nitrogens with zero attached hydrogens (tertiary/aromatic N) is 3. The first-order valence-corrected chi connectivity index (χ1v) is 8.89. The van der Waals surface area contributed by atoms with Gasteiger partial charge in [0.05, 0.1) is 16.8 Å². The number of carbonyl (C=O) groups is 1. The Bertz CT molecular complexity index is 578. The monoisotopic (exact) mass is 319 g/mol. The van der Waals surface area contributed by atoms with E-state index in [0.717, 1.165) is 41.3 Å². The molecule has 120 valence electrons. The van der Waals surface area contributed by atoms with Crippen molar-refractivity contribution in [3.63, 3.8) is 0 Å². The van der Waals surface area contributed by atoms with E-state index in [1.807, 2.05) is 25.1 Å². The zero-order chi connectivity index (χ0) is 15.9. The Morgan fingerprint density at radius 1 is 1.18 bits per heavy atom. The van der Waals surface area contributed by atoms with Gasteiger partial charge in [0, 0.05) is 6.54 Å². The van der Waals surface area contributed by atoms with Gasteiger partial charge < -0.3 is 0 Å². The lowest BCUT2D eigenvalue weighted by Gasteiger charge is -2.24. The maximum absolute atomic E-state index is 12.6. The summed E-state index contributed by atoms with van der Waals surface area (Å²) < 4.78 is 1.13. The van der Waals surface area contributed by atoms with Crippen molar-refractivity contribution >= 4 is 32.6 Å². The fraction of sp³-hybridized carbons (Fsp3) is 0.529. The fourth-order valence-corrected chi connectivity index (χ4v) is 3.45. The third kappa shape index (κ3) is 4.05. The minimum Gasteiger partial charge on any atom is -0.295 e. The summed E-state index contributed by atoms with van der Waals surface area (Å²) >= 11 is 1.59. The van der Waals surface area contributed by atoms with E-state index in [2.05, 4.69) is 29.8 Å². The summed E-state index contributed by atoms with van der Waals surface area (Å²) in [6.45, 7) is 9.31. The van der Waals surface area contributed by atoms with Crippen LogP contribution in [0.4, 0.5) is 5.13 Å². The summed E-state index contributed by atoms with van der Waals surface area (Å²) in [4.78, 5) is 21.3. The number of amides is 1. The first-order valence-electron chi connectivity index (χ1n) is 8.07. The van der Waals surface area contributed by atoms with Crippen LogP contribution < -0.4 is 4.90 Å². The van der Waals surface area contributed by atoms with Crippen molar-refractivity contribution in [1.82, 2.24) is 9.88 Å². The zero-order valence-corrected chi connectivity index (χ0v) is 14.5. The van der Waals surface area contributed by atoms with Crippen molar-refractivity contribution in [2.24, 2.45) is 0 Å². The second-order valence-electron chi connectivity index (χ2n) is 5.32. The second kappa shape index (κ2) is 8.25. The van der Waals surface area contributed by atoms with Crippen molar-refractivity contribution < 1.29 is 4.79 Å². The van der Waals surface area contributed by atoms with Crippen LogP contribution in [-0.2, 0) is 4.79 Å². The minimum absolute atomic E-state index is 0.138. The number of benzene rings is 1.